The van der Waals surface area contributed by atoms with Crippen LogP contribution in [0.25, 0.3) is 0 Å². The van der Waals surface area contributed by atoms with E-state index in [0.717, 1.165) is 12.1 Å². The van der Waals surface area contributed by atoms with Gasteiger partial charge in [0.2, 0.25) is 0 Å². The highest BCUT2D eigenvalue weighted by Crippen LogP contribution is 2.32. The second kappa shape index (κ2) is 6.16. The number of hydrogen-bond acceptors (Lipinski definition) is 2. The van der Waals surface area contributed by atoms with E-state index in [1.807, 2.05) is 0 Å². The first-order valence-electron chi connectivity index (χ1n) is 6.58. The van der Waals surface area contributed by atoms with Gasteiger partial charge in [0.15, 0.2) is 0 Å². The molecule has 1 amide bonds. The third kappa shape index (κ3) is 3.71. The van der Waals surface area contributed by atoms with Crippen LogP contribution in [0.15, 0.2) is 18.2 Å². The Labute approximate surface area is 129 Å². The van der Waals surface area contributed by atoms with Crippen LogP contribution in [0.4, 0.5) is 13.2 Å². The van der Waals surface area contributed by atoms with E-state index in [1.165, 1.54) is 11.0 Å². The summed E-state index contributed by atoms with van der Waals surface area (Å²) in [5.74, 6) is -2.01. The Kier molecular flexibility index (Phi) is 4.65. The fourth-order valence-corrected chi connectivity index (χ4v) is 2.62. The Bertz CT molecular complexity index is 595. The number of amides is 1. The predicted molar refractivity (Wildman–Crippen MR) is 72.7 cm³/mol. The Morgan fingerprint density at radius 3 is 2.27 bits per heavy atom. The number of carbonyl (C=O) groups is 2. The van der Waals surface area contributed by atoms with Crippen LogP contribution in [0.2, 0.25) is 5.02 Å². The fourth-order valence-electron chi connectivity index (χ4n) is 2.39. The van der Waals surface area contributed by atoms with Crippen LogP contribution in [-0.4, -0.2) is 35.0 Å². The molecule has 1 aliphatic rings. The van der Waals surface area contributed by atoms with Crippen LogP contribution in [0.5, 0.6) is 0 Å². The van der Waals surface area contributed by atoms with E-state index in [0.29, 0.717) is 0 Å². The lowest BCUT2D eigenvalue weighted by atomic mass is 9.96. The molecule has 2 rings (SSSR count). The Balaban J connectivity index is 2.17. The topological polar surface area (TPSA) is 57.6 Å². The van der Waals surface area contributed by atoms with Crippen molar-refractivity contribution in [2.24, 2.45) is 5.92 Å². The van der Waals surface area contributed by atoms with Crippen LogP contribution in [0, 0.1) is 5.92 Å². The highest BCUT2D eigenvalue weighted by molar-refractivity contribution is 6.31. The number of aliphatic carboxylic acids is 1. The number of piperidine rings is 1. The molecule has 0 atom stereocenters. The molecule has 1 aromatic carbocycles. The number of alkyl halides is 3. The Hall–Kier alpha value is -1.76. The van der Waals surface area contributed by atoms with E-state index in [2.05, 4.69) is 0 Å². The van der Waals surface area contributed by atoms with Crippen molar-refractivity contribution in [2.45, 2.75) is 19.0 Å². The second-order valence-electron chi connectivity index (χ2n) is 5.13. The highest BCUT2D eigenvalue weighted by Gasteiger charge is 2.33. The third-order valence-electron chi connectivity index (χ3n) is 3.60. The third-order valence-corrected chi connectivity index (χ3v) is 3.82. The number of likely N-dealkylation sites (tertiary alicyclic amines) is 1. The van der Waals surface area contributed by atoms with Crippen molar-refractivity contribution in [1.82, 2.24) is 4.90 Å². The van der Waals surface area contributed by atoms with Gasteiger partial charge in [-0.25, -0.2) is 0 Å². The molecule has 120 valence electrons. The Morgan fingerprint density at radius 2 is 1.77 bits per heavy atom. The summed E-state index contributed by atoms with van der Waals surface area (Å²) in [7, 11) is 0. The number of hydrogen-bond donors (Lipinski definition) is 1. The van der Waals surface area contributed by atoms with Gasteiger partial charge in [-0.3, -0.25) is 9.59 Å². The quantitative estimate of drug-likeness (QED) is 0.902. The molecule has 0 bridgehead atoms. The number of benzene rings is 1. The van der Waals surface area contributed by atoms with Crippen molar-refractivity contribution in [1.29, 1.82) is 0 Å². The Morgan fingerprint density at radius 1 is 1.18 bits per heavy atom. The molecule has 1 N–H and O–H groups in total. The summed E-state index contributed by atoms with van der Waals surface area (Å²) in [5, 5.41) is 8.73. The van der Waals surface area contributed by atoms with Gasteiger partial charge in [0.25, 0.3) is 5.91 Å². The maximum absolute atomic E-state index is 12.7. The van der Waals surface area contributed by atoms with Gasteiger partial charge < -0.3 is 10.0 Å². The van der Waals surface area contributed by atoms with E-state index < -0.39 is 29.5 Å². The first-order valence-corrected chi connectivity index (χ1v) is 6.96. The number of carboxylic acids is 1. The molecule has 1 aromatic rings. The van der Waals surface area contributed by atoms with Crippen LogP contribution >= 0.6 is 11.6 Å². The molecule has 22 heavy (non-hydrogen) atoms. The predicted octanol–water partition coefficient (Wildman–Crippen LogP) is 3.30. The minimum absolute atomic E-state index is 0.145. The standard InChI is InChI=1S/C14H13ClF3NO3/c15-11-6-9(5-10(7-11)14(16,17)18)12(20)19-3-1-8(2-4-19)13(21)22/h5-8H,1-4H2,(H,21,22). The van der Waals surface area contributed by atoms with Gasteiger partial charge in [0.1, 0.15) is 0 Å². The summed E-state index contributed by atoms with van der Waals surface area (Å²) in [4.78, 5) is 24.5. The second-order valence-corrected chi connectivity index (χ2v) is 5.57. The number of nitrogens with zero attached hydrogens (tertiary/aromatic N) is 1. The maximum Gasteiger partial charge on any atom is 0.416 e. The molecule has 8 heteroatoms. The van der Waals surface area contributed by atoms with Gasteiger partial charge in [-0.2, -0.15) is 13.2 Å². The minimum Gasteiger partial charge on any atom is -0.481 e. The van der Waals surface area contributed by atoms with Gasteiger partial charge in [0.05, 0.1) is 11.5 Å². The molecule has 0 spiro atoms. The molecule has 0 saturated carbocycles. The van der Waals surface area contributed by atoms with E-state index in [-0.39, 0.29) is 36.5 Å². The number of rotatable bonds is 2. The average molecular weight is 336 g/mol. The molecule has 0 aliphatic carbocycles. The van der Waals surface area contributed by atoms with Gasteiger partial charge in [0, 0.05) is 23.7 Å². The normalized spacial score (nSPS) is 16.6. The van der Waals surface area contributed by atoms with E-state index in [4.69, 9.17) is 16.7 Å². The van der Waals surface area contributed by atoms with Crippen molar-refractivity contribution < 1.29 is 27.9 Å². The molecule has 1 saturated heterocycles. The average Bonchev–Trinajstić information content (AvgIpc) is 2.45. The lowest BCUT2D eigenvalue weighted by Gasteiger charge is -2.30. The molecular weight excluding hydrogens is 323 g/mol. The monoisotopic (exact) mass is 335 g/mol. The number of carbonyl (C=O) groups excluding carboxylic acids is 1. The number of carboxylic acid groups (broad SMARTS) is 1. The molecule has 4 nitrogen and oxygen atoms in total. The zero-order valence-corrected chi connectivity index (χ0v) is 12.1. The summed E-state index contributed by atoms with van der Waals surface area (Å²) >= 11 is 5.66. The van der Waals surface area contributed by atoms with Crippen molar-refractivity contribution in [2.75, 3.05) is 13.1 Å². The van der Waals surface area contributed by atoms with Crippen molar-refractivity contribution >= 4 is 23.5 Å². The molecule has 1 aliphatic heterocycles. The van der Waals surface area contributed by atoms with E-state index in [9.17, 15) is 22.8 Å². The molecule has 1 fully saturated rings. The molecule has 0 radical (unpaired) electrons. The van der Waals surface area contributed by atoms with E-state index in [1.54, 1.807) is 0 Å². The van der Waals surface area contributed by atoms with Crippen molar-refractivity contribution in [3.05, 3.63) is 34.3 Å². The first-order chi connectivity index (χ1) is 10.2. The zero-order valence-electron chi connectivity index (χ0n) is 11.4. The summed E-state index contributed by atoms with van der Waals surface area (Å²) in [6.07, 6.45) is -4.02. The summed E-state index contributed by atoms with van der Waals surface area (Å²) in [6, 6.07) is 2.70. The lowest BCUT2D eigenvalue weighted by Crippen LogP contribution is -2.40. The summed E-state index contributed by atoms with van der Waals surface area (Å²) in [6.45, 7) is 0.396. The maximum atomic E-state index is 12.7. The minimum atomic E-state index is -4.59. The van der Waals surface area contributed by atoms with Crippen molar-refractivity contribution in [3.8, 4) is 0 Å². The van der Waals surface area contributed by atoms with E-state index >= 15 is 0 Å². The molecular formula is C14H13ClF3NO3. The number of halogens is 4. The lowest BCUT2D eigenvalue weighted by molar-refractivity contribution is -0.143. The van der Waals surface area contributed by atoms with Crippen LogP contribution in [0.1, 0.15) is 28.8 Å². The van der Waals surface area contributed by atoms with Gasteiger partial charge in [-0.15, -0.1) is 0 Å². The first kappa shape index (κ1) is 16.6. The SMILES string of the molecule is O=C(O)C1CCN(C(=O)c2cc(Cl)cc(C(F)(F)F)c2)CC1. The molecule has 0 unspecified atom stereocenters. The van der Waals surface area contributed by atoms with Gasteiger partial charge in [-0.1, -0.05) is 11.6 Å². The largest absolute Gasteiger partial charge is 0.481 e. The fraction of sp³-hybridized carbons (Fsp3) is 0.429. The summed E-state index contributed by atoms with van der Waals surface area (Å²) < 4.78 is 38.2. The zero-order chi connectivity index (χ0) is 16.5. The van der Waals surface area contributed by atoms with Gasteiger partial charge in [-0.05, 0) is 31.0 Å². The van der Waals surface area contributed by atoms with Crippen LogP contribution in [0.3, 0.4) is 0 Å². The molecule has 0 aromatic heterocycles. The smallest absolute Gasteiger partial charge is 0.416 e. The highest BCUT2D eigenvalue weighted by atomic mass is 35.5. The van der Waals surface area contributed by atoms with Crippen LogP contribution in [-0.2, 0) is 11.0 Å². The molecule has 1 heterocycles. The van der Waals surface area contributed by atoms with Crippen LogP contribution < -0.4 is 0 Å². The summed E-state index contributed by atoms with van der Waals surface area (Å²) in [5.41, 5.74) is -1.13. The van der Waals surface area contributed by atoms with Crippen molar-refractivity contribution in [3.63, 3.8) is 0 Å². The van der Waals surface area contributed by atoms with Gasteiger partial charge >= 0.3 is 12.1 Å².